The van der Waals surface area contributed by atoms with Gasteiger partial charge in [-0.05, 0) is 18.4 Å². The molecule has 6 heteroatoms. The van der Waals surface area contributed by atoms with E-state index in [4.69, 9.17) is 0 Å². The number of hydrogen-bond acceptors (Lipinski definition) is 6. The maximum absolute atomic E-state index is 11.2. The van der Waals surface area contributed by atoms with Crippen molar-refractivity contribution in [2.24, 2.45) is 0 Å². The highest BCUT2D eigenvalue weighted by atomic mass is 32.1. The van der Waals surface area contributed by atoms with E-state index in [0.717, 1.165) is 22.6 Å². The molecule has 2 heterocycles. The van der Waals surface area contributed by atoms with Crippen molar-refractivity contribution in [2.75, 3.05) is 25.1 Å². The molecule has 0 spiro atoms. The number of carbonyl (C=O) groups excluding carboxylic acids is 1. The van der Waals surface area contributed by atoms with Crippen molar-refractivity contribution in [3.8, 4) is 0 Å². The second-order valence-corrected chi connectivity index (χ2v) is 4.64. The van der Waals surface area contributed by atoms with E-state index in [9.17, 15) is 4.79 Å². The van der Waals surface area contributed by atoms with Crippen LogP contribution in [-0.4, -0.2) is 36.1 Å². The second-order valence-electron chi connectivity index (χ2n) is 3.74. The molecule has 0 saturated carbocycles. The summed E-state index contributed by atoms with van der Waals surface area (Å²) in [5.41, 5.74) is 0. The Bertz CT molecular complexity index is 541. The van der Waals surface area contributed by atoms with Crippen LogP contribution < -0.4 is 4.90 Å². The van der Waals surface area contributed by atoms with Crippen LogP contribution in [0.15, 0.2) is 17.8 Å². The number of methoxy groups -OCH3 is 1. The lowest BCUT2D eigenvalue weighted by molar-refractivity contribution is -0.140. The zero-order chi connectivity index (χ0) is 13.0. The van der Waals surface area contributed by atoms with E-state index in [1.54, 1.807) is 17.7 Å². The summed E-state index contributed by atoms with van der Waals surface area (Å²) in [4.78, 5) is 22.8. The van der Waals surface area contributed by atoms with Crippen LogP contribution in [0.4, 0.5) is 5.82 Å². The van der Waals surface area contributed by atoms with Gasteiger partial charge in [0, 0.05) is 13.1 Å². The van der Waals surface area contributed by atoms with Crippen LogP contribution in [0.5, 0.6) is 0 Å². The van der Waals surface area contributed by atoms with Crippen molar-refractivity contribution < 1.29 is 9.53 Å². The fourth-order valence-electron chi connectivity index (χ4n) is 1.77. The van der Waals surface area contributed by atoms with Gasteiger partial charge in [-0.2, -0.15) is 0 Å². The summed E-state index contributed by atoms with van der Waals surface area (Å²) in [6, 6.07) is 2.01. The minimum atomic E-state index is -0.205. The Morgan fingerprint density at radius 3 is 3.06 bits per heavy atom. The maximum Gasteiger partial charge on any atom is 0.307 e. The van der Waals surface area contributed by atoms with Crippen molar-refractivity contribution in [2.45, 2.75) is 13.3 Å². The molecule has 2 aromatic heterocycles. The second kappa shape index (κ2) is 5.77. The lowest BCUT2D eigenvalue weighted by Gasteiger charge is -2.21. The average molecular weight is 265 g/mol. The van der Waals surface area contributed by atoms with Crippen LogP contribution in [-0.2, 0) is 9.53 Å². The normalized spacial score (nSPS) is 10.6. The largest absolute Gasteiger partial charge is 0.469 e. The lowest BCUT2D eigenvalue weighted by atomic mass is 10.3. The van der Waals surface area contributed by atoms with Gasteiger partial charge in [-0.25, -0.2) is 9.97 Å². The summed E-state index contributed by atoms with van der Waals surface area (Å²) in [6.07, 6.45) is 1.93. The van der Waals surface area contributed by atoms with Crippen LogP contribution in [0, 0.1) is 0 Å². The number of aromatic nitrogens is 2. The zero-order valence-electron chi connectivity index (χ0n) is 10.4. The summed E-state index contributed by atoms with van der Waals surface area (Å²) in [6.45, 7) is 3.43. The molecule has 18 heavy (non-hydrogen) atoms. The minimum Gasteiger partial charge on any atom is -0.469 e. The van der Waals surface area contributed by atoms with Gasteiger partial charge in [0.1, 0.15) is 17.0 Å². The maximum atomic E-state index is 11.2. The van der Waals surface area contributed by atoms with Crippen LogP contribution in [0.3, 0.4) is 0 Å². The molecule has 2 rings (SSSR count). The first kappa shape index (κ1) is 12.8. The molecule has 5 nitrogen and oxygen atoms in total. The summed E-state index contributed by atoms with van der Waals surface area (Å²) in [7, 11) is 1.40. The number of fused-ring (bicyclic) bond motifs is 1. The molecule has 0 aliphatic rings. The molecule has 0 fully saturated rings. The number of carbonyl (C=O) groups is 1. The number of rotatable bonds is 5. The van der Waals surface area contributed by atoms with E-state index in [1.165, 1.54) is 7.11 Å². The van der Waals surface area contributed by atoms with Crippen molar-refractivity contribution >= 4 is 33.3 Å². The molecule has 0 atom stereocenters. The number of esters is 1. The third kappa shape index (κ3) is 2.59. The first-order chi connectivity index (χ1) is 8.76. The number of thiophene rings is 1. The zero-order valence-corrected chi connectivity index (χ0v) is 11.2. The number of nitrogens with zero attached hydrogens (tertiary/aromatic N) is 3. The molecule has 0 amide bonds. The molecule has 0 N–H and O–H groups in total. The molecule has 96 valence electrons. The molecule has 0 aliphatic heterocycles. The SMILES string of the molecule is CCN(CCC(=O)OC)c1ncnc2sccc12. The predicted octanol–water partition coefficient (Wildman–Crippen LogP) is 2.08. The molecule has 0 bridgehead atoms. The average Bonchev–Trinajstić information content (AvgIpc) is 2.88. The number of hydrogen-bond donors (Lipinski definition) is 0. The van der Waals surface area contributed by atoms with E-state index in [1.807, 2.05) is 18.4 Å². The van der Waals surface area contributed by atoms with E-state index in [0.29, 0.717) is 13.0 Å². The molecule has 0 aromatic carbocycles. The van der Waals surface area contributed by atoms with Crippen LogP contribution in [0.25, 0.3) is 10.2 Å². The topological polar surface area (TPSA) is 55.3 Å². The van der Waals surface area contributed by atoms with Crippen LogP contribution in [0.1, 0.15) is 13.3 Å². The van der Waals surface area contributed by atoms with Crippen molar-refractivity contribution in [3.63, 3.8) is 0 Å². The fourth-order valence-corrected chi connectivity index (χ4v) is 2.50. The fraction of sp³-hybridized carbons (Fsp3) is 0.417. The Morgan fingerprint density at radius 1 is 1.50 bits per heavy atom. The summed E-state index contributed by atoms with van der Waals surface area (Å²) < 4.78 is 4.66. The van der Waals surface area contributed by atoms with Gasteiger partial charge in [-0.15, -0.1) is 11.3 Å². The Morgan fingerprint density at radius 2 is 2.33 bits per heavy atom. The van der Waals surface area contributed by atoms with Gasteiger partial charge in [-0.1, -0.05) is 0 Å². The van der Waals surface area contributed by atoms with E-state index >= 15 is 0 Å². The number of ether oxygens (including phenoxy) is 1. The summed E-state index contributed by atoms with van der Waals surface area (Å²) in [5.74, 6) is 0.678. The summed E-state index contributed by atoms with van der Waals surface area (Å²) >= 11 is 1.59. The molecule has 2 aromatic rings. The van der Waals surface area contributed by atoms with Gasteiger partial charge in [-0.3, -0.25) is 4.79 Å². The molecule has 0 radical (unpaired) electrons. The minimum absolute atomic E-state index is 0.205. The van der Waals surface area contributed by atoms with Crippen molar-refractivity contribution in [1.82, 2.24) is 9.97 Å². The predicted molar refractivity (Wildman–Crippen MR) is 71.9 cm³/mol. The summed E-state index contributed by atoms with van der Waals surface area (Å²) in [5, 5.41) is 3.03. The van der Waals surface area contributed by atoms with E-state index in [2.05, 4.69) is 19.6 Å². The van der Waals surface area contributed by atoms with Gasteiger partial charge in [0.15, 0.2) is 0 Å². The quantitative estimate of drug-likeness (QED) is 0.775. The highest BCUT2D eigenvalue weighted by Gasteiger charge is 2.13. The van der Waals surface area contributed by atoms with Crippen LogP contribution in [0.2, 0.25) is 0 Å². The Labute approximate surface area is 109 Å². The Balaban J connectivity index is 2.21. The standard InChI is InChI=1S/C12H15N3O2S/c1-3-15(6-4-10(16)17-2)11-9-5-7-18-12(9)14-8-13-11/h5,7-8H,3-4,6H2,1-2H3. The third-order valence-electron chi connectivity index (χ3n) is 2.74. The first-order valence-corrected chi connectivity index (χ1v) is 6.64. The highest BCUT2D eigenvalue weighted by Crippen LogP contribution is 2.26. The van der Waals surface area contributed by atoms with Crippen molar-refractivity contribution in [1.29, 1.82) is 0 Å². The lowest BCUT2D eigenvalue weighted by Crippen LogP contribution is -2.27. The van der Waals surface area contributed by atoms with Gasteiger partial charge in [0.05, 0.1) is 18.9 Å². The van der Waals surface area contributed by atoms with Gasteiger partial charge < -0.3 is 9.64 Å². The molecule has 0 unspecified atom stereocenters. The van der Waals surface area contributed by atoms with E-state index in [-0.39, 0.29) is 5.97 Å². The number of anilines is 1. The van der Waals surface area contributed by atoms with Gasteiger partial charge in [0.25, 0.3) is 0 Å². The Hall–Kier alpha value is -1.69. The smallest absolute Gasteiger partial charge is 0.307 e. The molecule has 0 saturated heterocycles. The Kier molecular flexibility index (Phi) is 4.09. The molecular formula is C12H15N3O2S. The highest BCUT2D eigenvalue weighted by molar-refractivity contribution is 7.16. The first-order valence-electron chi connectivity index (χ1n) is 5.76. The monoisotopic (exact) mass is 265 g/mol. The van der Waals surface area contributed by atoms with Crippen LogP contribution >= 0.6 is 11.3 Å². The molecule has 0 aliphatic carbocycles. The molecular weight excluding hydrogens is 250 g/mol. The van der Waals surface area contributed by atoms with Crippen molar-refractivity contribution in [3.05, 3.63) is 17.8 Å². The third-order valence-corrected chi connectivity index (χ3v) is 3.56. The van der Waals surface area contributed by atoms with Gasteiger partial charge in [0.2, 0.25) is 0 Å². The van der Waals surface area contributed by atoms with E-state index < -0.39 is 0 Å². The van der Waals surface area contributed by atoms with Gasteiger partial charge >= 0.3 is 5.97 Å².